The van der Waals surface area contributed by atoms with Gasteiger partial charge in [-0.2, -0.15) is 5.26 Å². The van der Waals surface area contributed by atoms with Crippen molar-refractivity contribution < 1.29 is 9.53 Å². The molecule has 8 heteroatoms. The van der Waals surface area contributed by atoms with E-state index in [-0.39, 0.29) is 5.91 Å². The van der Waals surface area contributed by atoms with Crippen LogP contribution in [-0.4, -0.2) is 23.8 Å². The topological polar surface area (TPSA) is 78.2 Å². The van der Waals surface area contributed by atoms with Gasteiger partial charge in [-0.15, -0.1) is 11.3 Å². The molecule has 0 aliphatic carbocycles. The van der Waals surface area contributed by atoms with Crippen molar-refractivity contribution in [2.45, 2.75) is 27.3 Å². The van der Waals surface area contributed by atoms with E-state index in [1.165, 1.54) is 23.3 Å². The maximum atomic E-state index is 12.4. The Kier molecular flexibility index (Phi) is 8.14. The number of nitrogens with zero attached hydrogens (tertiary/aromatic N) is 3. The Morgan fingerprint density at radius 1 is 1.28 bits per heavy atom. The number of thiazole rings is 1. The summed E-state index contributed by atoms with van der Waals surface area (Å²) in [5, 5.41) is 9.87. The second-order valence-electron chi connectivity index (χ2n) is 7.63. The number of amides is 1. The Morgan fingerprint density at radius 2 is 2.03 bits per heavy atom. The average Bonchev–Trinajstić information content (AvgIpc) is 3.18. The molecular formula is C24H26N4O2S2. The third-order valence-corrected chi connectivity index (χ3v) is 5.94. The molecule has 0 aliphatic heterocycles. The maximum Gasteiger partial charge on any atom is 0.280 e. The zero-order chi connectivity index (χ0) is 23.1. The standard InChI is InChI=1S/C24H26N4O2S2/c1-16(2)15-30-21-7-5-6-19(12-21)14-28(20-10-8-18(13-25)9-11-20)24-26-22(17(3)32-24)23(29)27-31-4/h5-12,16H,14-15H2,1-4H3,(H,27,29). The van der Waals surface area contributed by atoms with Crippen LogP contribution in [0.15, 0.2) is 48.5 Å². The van der Waals surface area contributed by atoms with Gasteiger partial charge in [0, 0.05) is 16.8 Å². The molecule has 0 aliphatic rings. The van der Waals surface area contributed by atoms with Gasteiger partial charge in [-0.05, 0) is 54.8 Å². The van der Waals surface area contributed by atoms with Gasteiger partial charge in [-0.25, -0.2) is 4.98 Å². The highest BCUT2D eigenvalue weighted by Crippen LogP contribution is 2.33. The number of aromatic nitrogens is 1. The lowest BCUT2D eigenvalue weighted by Crippen LogP contribution is -2.19. The monoisotopic (exact) mass is 466 g/mol. The van der Waals surface area contributed by atoms with Crippen LogP contribution in [0.3, 0.4) is 0 Å². The molecule has 1 N–H and O–H groups in total. The van der Waals surface area contributed by atoms with Crippen LogP contribution in [0.4, 0.5) is 10.8 Å². The quantitative estimate of drug-likeness (QED) is 0.407. The highest BCUT2D eigenvalue weighted by molar-refractivity contribution is 7.97. The minimum atomic E-state index is -0.207. The van der Waals surface area contributed by atoms with Crippen molar-refractivity contribution in [1.82, 2.24) is 9.71 Å². The van der Waals surface area contributed by atoms with Crippen LogP contribution in [0.5, 0.6) is 5.75 Å². The van der Waals surface area contributed by atoms with E-state index in [1.54, 1.807) is 18.4 Å². The number of benzene rings is 2. The van der Waals surface area contributed by atoms with Crippen LogP contribution >= 0.6 is 23.3 Å². The molecule has 0 radical (unpaired) electrons. The van der Waals surface area contributed by atoms with Crippen molar-refractivity contribution in [2.75, 3.05) is 17.8 Å². The summed E-state index contributed by atoms with van der Waals surface area (Å²) in [7, 11) is 0. The Balaban J connectivity index is 1.95. The van der Waals surface area contributed by atoms with Gasteiger partial charge < -0.3 is 9.64 Å². The van der Waals surface area contributed by atoms with Crippen molar-refractivity contribution in [3.05, 3.63) is 70.2 Å². The lowest BCUT2D eigenvalue weighted by molar-refractivity contribution is 0.0980. The molecule has 0 atom stereocenters. The van der Waals surface area contributed by atoms with E-state index in [4.69, 9.17) is 10.00 Å². The van der Waals surface area contributed by atoms with E-state index in [0.717, 1.165) is 21.9 Å². The minimum absolute atomic E-state index is 0.207. The molecule has 3 aromatic rings. The lowest BCUT2D eigenvalue weighted by Gasteiger charge is -2.22. The number of nitrogens with one attached hydrogen (secondary N) is 1. The predicted octanol–water partition coefficient (Wildman–Crippen LogP) is 5.70. The van der Waals surface area contributed by atoms with Gasteiger partial charge in [0.1, 0.15) is 11.4 Å². The number of carbonyl (C=O) groups excluding carboxylic acids is 1. The second kappa shape index (κ2) is 11.0. The van der Waals surface area contributed by atoms with Gasteiger partial charge in [0.05, 0.1) is 24.8 Å². The lowest BCUT2D eigenvalue weighted by atomic mass is 10.1. The van der Waals surface area contributed by atoms with Gasteiger partial charge in [0.15, 0.2) is 5.13 Å². The third kappa shape index (κ3) is 6.02. The Labute approximate surface area is 197 Å². The molecule has 0 fully saturated rings. The molecule has 0 saturated carbocycles. The molecule has 32 heavy (non-hydrogen) atoms. The van der Waals surface area contributed by atoms with Gasteiger partial charge in [-0.3, -0.25) is 9.52 Å². The molecule has 166 valence electrons. The Bertz CT molecular complexity index is 1100. The first kappa shape index (κ1) is 23.6. The summed E-state index contributed by atoms with van der Waals surface area (Å²) >= 11 is 2.72. The summed E-state index contributed by atoms with van der Waals surface area (Å²) in [4.78, 5) is 19.9. The van der Waals surface area contributed by atoms with Gasteiger partial charge in [0.25, 0.3) is 5.91 Å². The number of aryl methyl sites for hydroxylation is 1. The SMILES string of the molecule is CSNC(=O)c1nc(N(Cc2cccc(OCC(C)C)c2)c2ccc(C#N)cc2)sc1C. The molecule has 1 aromatic heterocycles. The van der Waals surface area contributed by atoms with Crippen LogP contribution in [0.25, 0.3) is 0 Å². The van der Waals surface area contributed by atoms with E-state index >= 15 is 0 Å². The Hall–Kier alpha value is -3.02. The summed E-state index contributed by atoms with van der Waals surface area (Å²) in [5.41, 5.74) is 2.96. The first-order chi connectivity index (χ1) is 15.4. The number of hydrogen-bond donors (Lipinski definition) is 1. The first-order valence-corrected chi connectivity index (χ1v) is 12.3. The normalized spacial score (nSPS) is 10.6. The molecular weight excluding hydrogens is 440 g/mol. The number of nitriles is 1. The number of carbonyl (C=O) groups is 1. The van der Waals surface area contributed by atoms with Crippen LogP contribution in [0.1, 0.15) is 40.3 Å². The largest absolute Gasteiger partial charge is 0.493 e. The van der Waals surface area contributed by atoms with Crippen molar-refractivity contribution in [1.29, 1.82) is 5.26 Å². The molecule has 6 nitrogen and oxygen atoms in total. The van der Waals surface area contributed by atoms with E-state index in [9.17, 15) is 4.79 Å². The zero-order valence-electron chi connectivity index (χ0n) is 18.6. The third-order valence-electron chi connectivity index (χ3n) is 4.56. The van der Waals surface area contributed by atoms with E-state index < -0.39 is 0 Å². The molecule has 2 aromatic carbocycles. The second-order valence-corrected chi connectivity index (χ2v) is 9.43. The van der Waals surface area contributed by atoms with Crippen molar-refractivity contribution in [2.24, 2.45) is 5.92 Å². The van der Waals surface area contributed by atoms with Crippen LogP contribution in [0, 0.1) is 24.2 Å². The van der Waals surface area contributed by atoms with Crippen LogP contribution in [0.2, 0.25) is 0 Å². The highest BCUT2D eigenvalue weighted by atomic mass is 32.2. The van der Waals surface area contributed by atoms with Gasteiger partial charge in [-0.1, -0.05) is 37.9 Å². The van der Waals surface area contributed by atoms with E-state index in [1.807, 2.05) is 43.3 Å². The molecule has 0 spiro atoms. The van der Waals surface area contributed by atoms with Crippen molar-refractivity contribution >= 4 is 40.0 Å². The van der Waals surface area contributed by atoms with Crippen molar-refractivity contribution in [3.63, 3.8) is 0 Å². The molecule has 1 amide bonds. The van der Waals surface area contributed by atoms with E-state index in [2.05, 4.69) is 34.5 Å². The summed E-state index contributed by atoms with van der Waals surface area (Å²) in [6.07, 6.45) is 1.80. The number of ether oxygens (including phenoxy) is 1. The fraction of sp³-hybridized carbons (Fsp3) is 0.292. The maximum absolute atomic E-state index is 12.4. The predicted molar refractivity (Wildman–Crippen MR) is 132 cm³/mol. The summed E-state index contributed by atoms with van der Waals surface area (Å²) < 4.78 is 8.63. The minimum Gasteiger partial charge on any atom is -0.493 e. The highest BCUT2D eigenvalue weighted by Gasteiger charge is 2.20. The number of rotatable bonds is 9. The van der Waals surface area contributed by atoms with Gasteiger partial charge in [0.2, 0.25) is 0 Å². The Morgan fingerprint density at radius 3 is 2.69 bits per heavy atom. The summed E-state index contributed by atoms with van der Waals surface area (Å²) in [5.74, 6) is 1.06. The fourth-order valence-corrected chi connectivity index (χ4v) is 4.22. The zero-order valence-corrected chi connectivity index (χ0v) is 20.2. The molecule has 0 unspecified atom stereocenters. The number of hydrogen-bond acceptors (Lipinski definition) is 7. The number of anilines is 2. The van der Waals surface area contributed by atoms with Gasteiger partial charge >= 0.3 is 0 Å². The summed E-state index contributed by atoms with van der Waals surface area (Å²) in [6, 6.07) is 17.5. The van der Waals surface area contributed by atoms with Crippen LogP contribution < -0.4 is 14.4 Å². The average molecular weight is 467 g/mol. The first-order valence-electron chi connectivity index (χ1n) is 10.2. The molecule has 3 rings (SSSR count). The molecule has 0 saturated heterocycles. The molecule has 1 heterocycles. The summed E-state index contributed by atoms with van der Waals surface area (Å²) in [6.45, 7) is 7.33. The fourth-order valence-electron chi connectivity index (χ4n) is 3.01. The smallest absolute Gasteiger partial charge is 0.280 e. The van der Waals surface area contributed by atoms with Crippen molar-refractivity contribution in [3.8, 4) is 11.8 Å². The van der Waals surface area contributed by atoms with E-state index in [0.29, 0.717) is 35.5 Å². The molecule has 0 bridgehead atoms. The van der Waals surface area contributed by atoms with Crippen LogP contribution in [-0.2, 0) is 6.54 Å².